The molecule has 0 amide bonds. The van der Waals surface area contributed by atoms with Crippen molar-refractivity contribution in [1.82, 2.24) is 0 Å². The molecule has 0 fully saturated rings. The Morgan fingerprint density at radius 2 is 0.849 bits per heavy atom. The minimum atomic E-state index is -4.36. The summed E-state index contributed by atoms with van der Waals surface area (Å²) in [7, 11) is 1.49. The average Bonchev–Trinajstić information content (AvgIpc) is 3.10. The molecule has 0 radical (unpaired) electrons. The molecule has 0 aliphatic carbocycles. The zero-order valence-corrected chi connectivity index (χ0v) is 36.4. The van der Waals surface area contributed by atoms with Crippen LogP contribution in [0.3, 0.4) is 0 Å². The van der Waals surface area contributed by atoms with Crippen molar-refractivity contribution >= 4 is 19.8 Å². The SMILES string of the molecule is CCCCCCCCCCCCCCCCCCCCCCCCC(=O)O[C@H](COC(=O)CCCCCCCCC)COP(=O)(O)OCC[N+](C)(C)C. The van der Waals surface area contributed by atoms with E-state index in [9.17, 15) is 19.0 Å². The van der Waals surface area contributed by atoms with E-state index in [0.717, 1.165) is 38.5 Å². The molecule has 0 aromatic heterocycles. The lowest BCUT2D eigenvalue weighted by Gasteiger charge is -2.24. The molecule has 0 heterocycles. The highest BCUT2D eigenvalue weighted by atomic mass is 31.2. The predicted molar refractivity (Wildman–Crippen MR) is 220 cm³/mol. The van der Waals surface area contributed by atoms with E-state index < -0.39 is 26.5 Å². The minimum absolute atomic E-state index is 0.0364. The van der Waals surface area contributed by atoms with Gasteiger partial charge in [0, 0.05) is 12.8 Å². The lowest BCUT2D eigenvalue weighted by molar-refractivity contribution is -0.870. The van der Waals surface area contributed by atoms with E-state index >= 15 is 0 Å². The van der Waals surface area contributed by atoms with Crippen molar-refractivity contribution in [3.05, 3.63) is 0 Å². The second-order valence-electron chi connectivity index (χ2n) is 16.5. The summed E-state index contributed by atoms with van der Waals surface area (Å²) in [6, 6.07) is 0. The fraction of sp³-hybridized carbons (Fsp3) is 0.953. The third kappa shape index (κ3) is 40.5. The Balaban J connectivity index is 4.11. The van der Waals surface area contributed by atoms with Gasteiger partial charge in [0.1, 0.15) is 19.8 Å². The number of phosphoric acid groups is 1. The van der Waals surface area contributed by atoms with Gasteiger partial charge in [0.05, 0.1) is 27.7 Å². The summed E-state index contributed by atoms with van der Waals surface area (Å²) >= 11 is 0. The molecule has 1 N–H and O–H groups in total. The number of likely N-dealkylation sites (N-methyl/N-ethyl adjacent to an activating group) is 1. The summed E-state index contributed by atoms with van der Waals surface area (Å²) in [5, 5.41) is 0. The van der Waals surface area contributed by atoms with Crippen LogP contribution < -0.4 is 0 Å². The normalized spacial score (nSPS) is 13.5. The molecule has 0 aliphatic heterocycles. The summed E-state index contributed by atoms with van der Waals surface area (Å²) in [5.41, 5.74) is 0. The maximum absolute atomic E-state index is 12.6. The lowest BCUT2D eigenvalue weighted by atomic mass is 10.0. The van der Waals surface area contributed by atoms with E-state index in [-0.39, 0.29) is 25.6 Å². The first-order valence-electron chi connectivity index (χ1n) is 22.3. The van der Waals surface area contributed by atoms with Crippen LogP contribution in [0.15, 0.2) is 0 Å². The molecule has 0 rings (SSSR count). The van der Waals surface area contributed by atoms with Crippen molar-refractivity contribution in [3.63, 3.8) is 0 Å². The molecule has 0 aliphatic rings. The number of hydrogen-bond donors (Lipinski definition) is 1. The molecule has 2 atom stereocenters. The maximum Gasteiger partial charge on any atom is 0.472 e. The van der Waals surface area contributed by atoms with Crippen LogP contribution >= 0.6 is 7.82 Å². The number of hydrogen-bond acceptors (Lipinski definition) is 7. The van der Waals surface area contributed by atoms with Crippen LogP contribution in [-0.4, -0.2) is 74.9 Å². The maximum atomic E-state index is 12.6. The highest BCUT2D eigenvalue weighted by Gasteiger charge is 2.27. The van der Waals surface area contributed by atoms with Crippen LogP contribution in [0.5, 0.6) is 0 Å². The van der Waals surface area contributed by atoms with E-state index in [0.29, 0.717) is 17.4 Å². The standard InChI is InChI=1S/C43H86NO8P/c1-6-8-10-12-14-15-16-17-18-19-20-21-22-23-24-25-26-27-28-30-32-34-36-43(46)52-41(40-51-53(47,48)50-38-37-44(3,4)5)39-49-42(45)35-33-31-29-13-11-9-7-2/h41H,6-40H2,1-5H3/p+1/t41-/m1/s1. The number of rotatable bonds is 41. The molecule has 316 valence electrons. The summed E-state index contributed by atoms with van der Waals surface area (Å²) in [6.45, 7) is 4.41. The van der Waals surface area contributed by atoms with Crippen LogP contribution in [0.2, 0.25) is 0 Å². The Morgan fingerprint density at radius 3 is 1.21 bits per heavy atom. The zero-order chi connectivity index (χ0) is 39.3. The summed E-state index contributed by atoms with van der Waals surface area (Å²) in [4.78, 5) is 35.1. The molecule has 53 heavy (non-hydrogen) atoms. The number of nitrogens with zero attached hydrogens (tertiary/aromatic N) is 1. The first kappa shape index (κ1) is 52.0. The Morgan fingerprint density at radius 1 is 0.509 bits per heavy atom. The number of quaternary nitrogens is 1. The van der Waals surface area contributed by atoms with Gasteiger partial charge >= 0.3 is 19.8 Å². The van der Waals surface area contributed by atoms with Crippen LogP contribution in [0, 0.1) is 0 Å². The van der Waals surface area contributed by atoms with E-state index in [1.54, 1.807) is 0 Å². The van der Waals surface area contributed by atoms with Gasteiger partial charge < -0.3 is 18.9 Å². The second kappa shape index (κ2) is 36.6. The zero-order valence-electron chi connectivity index (χ0n) is 35.5. The number of ether oxygens (including phenoxy) is 2. The van der Waals surface area contributed by atoms with Gasteiger partial charge in [-0.2, -0.15) is 0 Å². The van der Waals surface area contributed by atoms with Gasteiger partial charge in [0.15, 0.2) is 6.10 Å². The molecular weight excluding hydrogens is 689 g/mol. The first-order valence-corrected chi connectivity index (χ1v) is 23.8. The molecular formula is C43H87NO8P+. The van der Waals surface area contributed by atoms with Crippen molar-refractivity contribution in [2.24, 2.45) is 0 Å². The van der Waals surface area contributed by atoms with Crippen molar-refractivity contribution in [2.75, 3.05) is 47.5 Å². The summed E-state index contributed by atoms with van der Waals surface area (Å²) in [5.74, 6) is -0.792. The van der Waals surface area contributed by atoms with Gasteiger partial charge in [-0.15, -0.1) is 0 Å². The van der Waals surface area contributed by atoms with Gasteiger partial charge in [0.25, 0.3) is 0 Å². The average molecular weight is 777 g/mol. The van der Waals surface area contributed by atoms with Crippen LogP contribution in [0.25, 0.3) is 0 Å². The molecule has 0 aromatic rings. The van der Waals surface area contributed by atoms with Crippen molar-refractivity contribution in [1.29, 1.82) is 0 Å². The Kier molecular flexibility index (Phi) is 36.0. The number of esters is 2. The number of carbonyl (C=O) groups excluding carboxylic acids is 2. The molecule has 0 bridgehead atoms. The topological polar surface area (TPSA) is 108 Å². The monoisotopic (exact) mass is 777 g/mol. The van der Waals surface area contributed by atoms with Gasteiger partial charge in [-0.05, 0) is 12.8 Å². The Labute approximate surface area is 327 Å². The van der Waals surface area contributed by atoms with Crippen LogP contribution in [0.4, 0.5) is 0 Å². The Hall–Kier alpha value is -0.990. The molecule has 0 saturated carbocycles. The largest absolute Gasteiger partial charge is 0.472 e. The highest BCUT2D eigenvalue weighted by molar-refractivity contribution is 7.47. The molecule has 9 nitrogen and oxygen atoms in total. The number of phosphoric ester groups is 1. The first-order chi connectivity index (χ1) is 25.5. The smallest absolute Gasteiger partial charge is 0.462 e. The molecule has 0 spiro atoms. The van der Waals surface area contributed by atoms with Crippen LogP contribution in [0.1, 0.15) is 213 Å². The van der Waals surface area contributed by atoms with E-state index in [4.69, 9.17) is 18.5 Å². The fourth-order valence-corrected chi connectivity index (χ4v) is 7.11. The minimum Gasteiger partial charge on any atom is -0.462 e. The van der Waals surface area contributed by atoms with E-state index in [1.807, 2.05) is 21.1 Å². The summed E-state index contributed by atoms with van der Waals surface area (Å²) in [6.07, 6.45) is 36.1. The molecule has 0 saturated heterocycles. The Bertz CT molecular complexity index is 881. The molecule has 0 aromatic carbocycles. The molecule has 1 unspecified atom stereocenters. The highest BCUT2D eigenvalue weighted by Crippen LogP contribution is 2.43. The number of carbonyl (C=O) groups is 2. The van der Waals surface area contributed by atoms with Gasteiger partial charge in [-0.25, -0.2) is 4.57 Å². The van der Waals surface area contributed by atoms with Gasteiger partial charge in [-0.1, -0.05) is 187 Å². The third-order valence-electron chi connectivity index (χ3n) is 9.89. The quantitative estimate of drug-likeness (QED) is 0.0283. The van der Waals surface area contributed by atoms with Gasteiger partial charge in [-0.3, -0.25) is 18.6 Å². The van der Waals surface area contributed by atoms with Crippen molar-refractivity contribution in [2.45, 2.75) is 219 Å². The van der Waals surface area contributed by atoms with E-state index in [1.165, 1.54) is 148 Å². The number of unbranched alkanes of at least 4 members (excludes halogenated alkanes) is 27. The lowest BCUT2D eigenvalue weighted by Crippen LogP contribution is -2.37. The van der Waals surface area contributed by atoms with Crippen molar-refractivity contribution < 1.29 is 42.1 Å². The second-order valence-corrected chi connectivity index (χ2v) is 17.9. The molecule has 10 heteroatoms. The predicted octanol–water partition coefficient (Wildman–Crippen LogP) is 12.4. The van der Waals surface area contributed by atoms with E-state index in [2.05, 4.69) is 13.8 Å². The van der Waals surface area contributed by atoms with Crippen LogP contribution in [-0.2, 0) is 32.7 Å². The van der Waals surface area contributed by atoms with Gasteiger partial charge in [0.2, 0.25) is 0 Å². The third-order valence-corrected chi connectivity index (χ3v) is 10.9. The summed E-state index contributed by atoms with van der Waals surface area (Å²) < 4.78 is 34.2. The fourth-order valence-electron chi connectivity index (χ4n) is 6.37. The van der Waals surface area contributed by atoms with Crippen molar-refractivity contribution in [3.8, 4) is 0 Å².